The Hall–Kier alpha value is -1.57. The van der Waals surface area contributed by atoms with Crippen molar-refractivity contribution in [1.29, 1.82) is 0 Å². The van der Waals surface area contributed by atoms with Crippen LogP contribution in [0.25, 0.3) is 0 Å². The van der Waals surface area contributed by atoms with Crippen molar-refractivity contribution in [2.75, 3.05) is 31.5 Å². The number of hydrogen-bond acceptors (Lipinski definition) is 5. The van der Waals surface area contributed by atoms with Gasteiger partial charge in [0.15, 0.2) is 0 Å². The highest BCUT2D eigenvalue weighted by atomic mass is 35.5. The van der Waals surface area contributed by atoms with Crippen LogP contribution in [0, 0.1) is 11.8 Å². The maximum atomic E-state index is 13.0. The number of piperidine rings is 3. The van der Waals surface area contributed by atoms with E-state index >= 15 is 0 Å². The number of nitrogens with one attached hydrogen (secondary N) is 3. The Bertz CT molecular complexity index is 678. The smallest absolute Gasteiger partial charge is 0.243 e. The molecule has 4 atom stereocenters. The number of anilines is 1. The molecule has 3 aliphatic heterocycles. The van der Waals surface area contributed by atoms with E-state index in [1.807, 2.05) is 17.0 Å². The number of rotatable bonds is 6. The number of aromatic nitrogens is 1. The van der Waals surface area contributed by atoms with E-state index in [4.69, 9.17) is 0 Å². The van der Waals surface area contributed by atoms with Crippen LogP contribution in [0.1, 0.15) is 32.1 Å². The zero-order valence-electron chi connectivity index (χ0n) is 16.5. The second-order valence-corrected chi connectivity index (χ2v) is 7.93. The maximum Gasteiger partial charge on any atom is 0.243 e. The van der Waals surface area contributed by atoms with Gasteiger partial charge in [-0.3, -0.25) is 14.6 Å². The van der Waals surface area contributed by atoms with Crippen LogP contribution >= 0.6 is 24.8 Å². The van der Waals surface area contributed by atoms with E-state index in [0.29, 0.717) is 18.9 Å². The first-order chi connectivity index (χ1) is 13.2. The number of carbonyl (C=O) groups excluding carboxylic acids is 2. The van der Waals surface area contributed by atoms with E-state index in [-0.39, 0.29) is 54.6 Å². The van der Waals surface area contributed by atoms with Gasteiger partial charge in [-0.1, -0.05) is 0 Å². The van der Waals surface area contributed by atoms with Crippen molar-refractivity contribution >= 4 is 42.3 Å². The third kappa shape index (κ3) is 5.32. The summed E-state index contributed by atoms with van der Waals surface area (Å²) in [5, 5.41) is 9.86. The van der Waals surface area contributed by atoms with Crippen molar-refractivity contribution in [3.8, 4) is 0 Å². The number of halogens is 2. The molecule has 0 saturated carbocycles. The molecule has 4 rings (SSSR count). The van der Waals surface area contributed by atoms with Crippen LogP contribution in [0.3, 0.4) is 0 Å². The lowest BCUT2D eigenvalue weighted by atomic mass is 9.72. The van der Waals surface area contributed by atoms with Crippen molar-refractivity contribution in [2.24, 2.45) is 11.8 Å². The average Bonchev–Trinajstić information content (AvgIpc) is 2.70. The van der Waals surface area contributed by atoms with E-state index in [9.17, 15) is 9.59 Å². The van der Waals surface area contributed by atoms with E-state index in [1.54, 1.807) is 12.4 Å². The lowest BCUT2D eigenvalue weighted by molar-refractivity contribution is -0.157. The molecule has 1 aromatic heterocycles. The standard InChI is InChI=1S/C20H29N5O2.2ClH/c26-18-6-1-5-17-14-10-15(12-22-11-14)19(25(17)18)20(27)24-9-3-8-23-16-4-2-7-21-13-16;;/h2,4,7,13-15,17,19,22-23H,1,3,5-6,8-12H2,(H,24,27);2*1H/t14-,15+,17+,19-;;/m1../s1. The minimum Gasteiger partial charge on any atom is -0.384 e. The van der Waals surface area contributed by atoms with Crippen LogP contribution < -0.4 is 16.0 Å². The van der Waals surface area contributed by atoms with E-state index in [2.05, 4.69) is 20.9 Å². The van der Waals surface area contributed by atoms with Gasteiger partial charge in [-0.2, -0.15) is 0 Å². The zero-order chi connectivity index (χ0) is 18.6. The molecule has 3 saturated heterocycles. The van der Waals surface area contributed by atoms with Crippen LogP contribution in [0.4, 0.5) is 5.69 Å². The van der Waals surface area contributed by atoms with Crippen LogP contribution in [0.2, 0.25) is 0 Å². The molecule has 3 fully saturated rings. The lowest BCUT2D eigenvalue weighted by Gasteiger charge is -2.53. The van der Waals surface area contributed by atoms with Gasteiger partial charge in [0.2, 0.25) is 11.8 Å². The SMILES string of the molecule is Cl.Cl.O=C(NCCCNc1cccnc1)[C@H]1[C@@H]2CNC[C@@H](C2)[C@@H]2CCCC(=O)N21. The highest BCUT2D eigenvalue weighted by Gasteiger charge is 2.50. The van der Waals surface area contributed by atoms with Crippen molar-refractivity contribution < 1.29 is 9.59 Å². The van der Waals surface area contributed by atoms with E-state index in [0.717, 1.165) is 51.0 Å². The summed E-state index contributed by atoms with van der Waals surface area (Å²) in [6, 6.07) is 3.80. The molecule has 0 radical (unpaired) electrons. The molecular weight excluding hydrogens is 413 g/mol. The molecule has 3 aliphatic rings. The molecule has 2 bridgehead atoms. The normalized spacial score (nSPS) is 27.7. The summed E-state index contributed by atoms with van der Waals surface area (Å²) in [5.74, 6) is 0.918. The van der Waals surface area contributed by atoms with Crippen molar-refractivity contribution in [2.45, 2.75) is 44.2 Å². The van der Waals surface area contributed by atoms with Crippen LogP contribution in [-0.4, -0.2) is 60.0 Å². The fourth-order valence-electron chi connectivity index (χ4n) is 4.96. The third-order valence-electron chi connectivity index (χ3n) is 6.16. The second kappa shape index (κ2) is 11.0. The van der Waals surface area contributed by atoms with Gasteiger partial charge >= 0.3 is 0 Å². The molecule has 7 nitrogen and oxygen atoms in total. The molecule has 0 aromatic carbocycles. The second-order valence-electron chi connectivity index (χ2n) is 7.93. The number of hydrogen-bond donors (Lipinski definition) is 3. The highest BCUT2D eigenvalue weighted by molar-refractivity contribution is 5.89. The summed E-state index contributed by atoms with van der Waals surface area (Å²) in [4.78, 5) is 31.6. The Morgan fingerprint density at radius 3 is 2.86 bits per heavy atom. The first-order valence-corrected chi connectivity index (χ1v) is 10.2. The molecule has 0 unspecified atom stereocenters. The zero-order valence-corrected chi connectivity index (χ0v) is 18.1. The number of amides is 2. The quantitative estimate of drug-likeness (QED) is 0.583. The molecule has 3 N–H and O–H groups in total. The van der Waals surface area contributed by atoms with Gasteiger partial charge in [-0.15, -0.1) is 24.8 Å². The number of carbonyl (C=O) groups is 2. The van der Waals surface area contributed by atoms with Crippen LogP contribution in [0.15, 0.2) is 24.5 Å². The highest BCUT2D eigenvalue weighted by Crippen LogP contribution is 2.39. The first-order valence-electron chi connectivity index (χ1n) is 10.2. The van der Waals surface area contributed by atoms with Crippen molar-refractivity contribution in [1.82, 2.24) is 20.5 Å². The van der Waals surface area contributed by atoms with Gasteiger partial charge in [0.25, 0.3) is 0 Å². The van der Waals surface area contributed by atoms with Crippen LogP contribution in [-0.2, 0) is 9.59 Å². The maximum absolute atomic E-state index is 13.0. The molecule has 29 heavy (non-hydrogen) atoms. The van der Waals surface area contributed by atoms with Gasteiger partial charge < -0.3 is 20.9 Å². The van der Waals surface area contributed by atoms with Gasteiger partial charge in [0.1, 0.15) is 6.04 Å². The molecule has 1 aromatic rings. The Kier molecular flexibility index (Phi) is 8.99. The van der Waals surface area contributed by atoms with Gasteiger partial charge in [0.05, 0.1) is 5.69 Å². The molecule has 0 aliphatic carbocycles. The van der Waals surface area contributed by atoms with Crippen molar-refractivity contribution in [3.63, 3.8) is 0 Å². The van der Waals surface area contributed by atoms with Gasteiger partial charge in [-0.25, -0.2) is 0 Å². The topological polar surface area (TPSA) is 86.4 Å². The van der Waals surface area contributed by atoms with Crippen LogP contribution in [0.5, 0.6) is 0 Å². The Balaban J connectivity index is 0.00000150. The Morgan fingerprint density at radius 2 is 2.07 bits per heavy atom. The number of pyridine rings is 1. The average molecular weight is 444 g/mol. The molecular formula is C20H31Cl2N5O2. The largest absolute Gasteiger partial charge is 0.384 e. The summed E-state index contributed by atoms with van der Waals surface area (Å²) < 4.78 is 0. The number of nitrogens with zero attached hydrogens (tertiary/aromatic N) is 2. The fourth-order valence-corrected chi connectivity index (χ4v) is 4.96. The minimum atomic E-state index is -0.307. The summed E-state index contributed by atoms with van der Waals surface area (Å²) >= 11 is 0. The summed E-state index contributed by atoms with van der Waals surface area (Å²) in [6.45, 7) is 3.18. The summed E-state index contributed by atoms with van der Waals surface area (Å²) in [6.07, 6.45) is 7.99. The predicted molar refractivity (Wildman–Crippen MR) is 118 cm³/mol. The molecule has 0 spiro atoms. The predicted octanol–water partition coefficient (Wildman–Crippen LogP) is 1.83. The van der Waals surface area contributed by atoms with E-state index < -0.39 is 0 Å². The van der Waals surface area contributed by atoms with Crippen molar-refractivity contribution in [3.05, 3.63) is 24.5 Å². The fraction of sp³-hybridized carbons (Fsp3) is 0.650. The van der Waals surface area contributed by atoms with Gasteiger partial charge in [0, 0.05) is 50.4 Å². The molecule has 9 heteroatoms. The third-order valence-corrected chi connectivity index (χ3v) is 6.16. The Morgan fingerprint density at radius 1 is 1.24 bits per heavy atom. The monoisotopic (exact) mass is 443 g/mol. The molecule has 2 amide bonds. The molecule has 4 heterocycles. The number of fused-ring (bicyclic) bond motifs is 4. The molecule has 162 valence electrons. The van der Waals surface area contributed by atoms with E-state index in [1.165, 1.54) is 0 Å². The summed E-state index contributed by atoms with van der Waals surface area (Å²) in [7, 11) is 0. The Labute approximate surface area is 184 Å². The lowest BCUT2D eigenvalue weighted by Crippen LogP contribution is -2.68. The van der Waals surface area contributed by atoms with Gasteiger partial charge in [-0.05, 0) is 50.3 Å². The first kappa shape index (κ1) is 23.7. The summed E-state index contributed by atoms with van der Waals surface area (Å²) in [5.41, 5.74) is 0.984. The minimum absolute atomic E-state index is 0.